The lowest BCUT2D eigenvalue weighted by Gasteiger charge is -2.35. The first kappa shape index (κ1) is 8.81. The molecule has 4 nitrogen and oxygen atoms in total. The predicted molar refractivity (Wildman–Crippen MR) is 48.3 cm³/mol. The van der Waals surface area contributed by atoms with E-state index in [1.165, 1.54) is 12.8 Å². The number of fused-ring (bicyclic) bond motifs is 2. The van der Waals surface area contributed by atoms with Crippen molar-refractivity contribution >= 4 is 6.09 Å². The quantitative estimate of drug-likeness (QED) is 0.653. The summed E-state index contributed by atoms with van der Waals surface area (Å²) in [5, 5.41) is 0. The maximum absolute atomic E-state index is 10.6. The highest BCUT2D eigenvalue weighted by atomic mass is 16.6. The molecule has 0 aromatic rings. The summed E-state index contributed by atoms with van der Waals surface area (Å²) in [7, 11) is 2.16. The van der Waals surface area contributed by atoms with E-state index >= 15 is 0 Å². The van der Waals surface area contributed by atoms with Gasteiger partial charge in [0, 0.05) is 24.9 Å². The fraction of sp³-hybridized carbons (Fsp3) is 0.889. The predicted octanol–water partition coefficient (Wildman–Crippen LogP) is 0.707. The molecule has 0 radical (unpaired) electrons. The second-order valence-corrected chi connectivity index (χ2v) is 4.08. The van der Waals surface area contributed by atoms with Crippen LogP contribution in [0.25, 0.3) is 0 Å². The fourth-order valence-electron chi connectivity index (χ4n) is 2.62. The van der Waals surface area contributed by atoms with Gasteiger partial charge in [0.1, 0.15) is 6.10 Å². The Morgan fingerprint density at radius 1 is 1.38 bits per heavy atom. The van der Waals surface area contributed by atoms with E-state index in [1.54, 1.807) is 0 Å². The van der Waals surface area contributed by atoms with Crippen LogP contribution in [0.1, 0.15) is 25.7 Å². The van der Waals surface area contributed by atoms with E-state index in [9.17, 15) is 4.79 Å². The number of ether oxygens (including phenoxy) is 1. The summed E-state index contributed by atoms with van der Waals surface area (Å²) in [6.07, 6.45) is 3.81. The highest BCUT2D eigenvalue weighted by Gasteiger charge is 2.39. The number of carbonyl (C=O) groups excluding carboxylic acids is 1. The number of amides is 1. The molecular weight excluding hydrogens is 168 g/mol. The van der Waals surface area contributed by atoms with Gasteiger partial charge in [-0.15, -0.1) is 0 Å². The molecule has 2 unspecified atom stereocenters. The number of primary amides is 1. The number of nitrogens with two attached hydrogens (primary N) is 1. The van der Waals surface area contributed by atoms with E-state index in [2.05, 4.69) is 11.9 Å². The molecule has 13 heavy (non-hydrogen) atoms. The van der Waals surface area contributed by atoms with Gasteiger partial charge in [-0.05, 0) is 19.9 Å². The Kier molecular flexibility index (Phi) is 2.15. The number of hydrogen-bond donors (Lipinski definition) is 1. The van der Waals surface area contributed by atoms with Crippen molar-refractivity contribution in [2.24, 2.45) is 5.73 Å². The molecule has 2 bridgehead atoms. The summed E-state index contributed by atoms with van der Waals surface area (Å²) in [5.74, 6) is 0. The van der Waals surface area contributed by atoms with Crippen molar-refractivity contribution in [1.29, 1.82) is 0 Å². The molecule has 0 saturated carbocycles. The fourth-order valence-corrected chi connectivity index (χ4v) is 2.62. The van der Waals surface area contributed by atoms with Crippen LogP contribution in [0, 0.1) is 0 Å². The van der Waals surface area contributed by atoms with Gasteiger partial charge in [-0.3, -0.25) is 0 Å². The molecule has 2 heterocycles. The summed E-state index contributed by atoms with van der Waals surface area (Å²) in [6, 6.07) is 1.20. The SMILES string of the molecule is CN1C2CCC1CC(OC(N)=O)C2. The van der Waals surface area contributed by atoms with Crippen molar-refractivity contribution in [2.45, 2.75) is 43.9 Å². The van der Waals surface area contributed by atoms with E-state index in [1.807, 2.05) is 0 Å². The Morgan fingerprint density at radius 3 is 2.38 bits per heavy atom. The Morgan fingerprint density at radius 2 is 1.92 bits per heavy atom. The second-order valence-electron chi connectivity index (χ2n) is 4.08. The number of carbonyl (C=O) groups is 1. The lowest BCUT2D eigenvalue weighted by molar-refractivity contribution is 0.0327. The van der Waals surface area contributed by atoms with Crippen molar-refractivity contribution in [2.75, 3.05) is 7.05 Å². The summed E-state index contributed by atoms with van der Waals surface area (Å²) in [6.45, 7) is 0. The molecule has 1 amide bonds. The highest BCUT2D eigenvalue weighted by molar-refractivity contribution is 5.64. The molecule has 4 heteroatoms. The van der Waals surface area contributed by atoms with Gasteiger partial charge in [-0.2, -0.15) is 0 Å². The third-order valence-electron chi connectivity index (χ3n) is 3.34. The maximum atomic E-state index is 10.6. The number of nitrogens with zero attached hydrogens (tertiary/aromatic N) is 1. The smallest absolute Gasteiger partial charge is 0.404 e. The van der Waals surface area contributed by atoms with Gasteiger partial charge in [0.05, 0.1) is 0 Å². The topological polar surface area (TPSA) is 55.6 Å². The molecule has 2 saturated heterocycles. The van der Waals surface area contributed by atoms with Crippen molar-refractivity contribution in [3.05, 3.63) is 0 Å². The van der Waals surface area contributed by atoms with Crippen LogP contribution in [-0.4, -0.2) is 36.2 Å². The van der Waals surface area contributed by atoms with Gasteiger partial charge in [-0.1, -0.05) is 0 Å². The summed E-state index contributed by atoms with van der Waals surface area (Å²) < 4.78 is 5.03. The van der Waals surface area contributed by atoms with E-state index in [-0.39, 0.29) is 6.10 Å². The average molecular weight is 184 g/mol. The van der Waals surface area contributed by atoms with E-state index in [4.69, 9.17) is 10.5 Å². The van der Waals surface area contributed by atoms with Gasteiger partial charge in [0.25, 0.3) is 0 Å². The zero-order valence-electron chi connectivity index (χ0n) is 7.90. The van der Waals surface area contributed by atoms with E-state index in [0.717, 1.165) is 12.8 Å². The molecule has 74 valence electrons. The van der Waals surface area contributed by atoms with Crippen LogP contribution in [-0.2, 0) is 4.74 Å². The Hall–Kier alpha value is -0.770. The van der Waals surface area contributed by atoms with Crippen molar-refractivity contribution < 1.29 is 9.53 Å². The van der Waals surface area contributed by atoms with Crippen molar-refractivity contribution in [1.82, 2.24) is 4.90 Å². The molecule has 2 rings (SSSR count). The van der Waals surface area contributed by atoms with Crippen molar-refractivity contribution in [3.63, 3.8) is 0 Å². The van der Waals surface area contributed by atoms with Gasteiger partial charge in [0.15, 0.2) is 0 Å². The number of piperidine rings is 1. The van der Waals surface area contributed by atoms with Crippen LogP contribution >= 0.6 is 0 Å². The van der Waals surface area contributed by atoms with Crippen LogP contribution in [0.3, 0.4) is 0 Å². The minimum Gasteiger partial charge on any atom is -0.446 e. The van der Waals surface area contributed by atoms with Crippen LogP contribution < -0.4 is 5.73 Å². The highest BCUT2D eigenvalue weighted by Crippen LogP contribution is 2.35. The lowest BCUT2D eigenvalue weighted by Crippen LogP contribution is -2.43. The summed E-state index contributed by atoms with van der Waals surface area (Å²) >= 11 is 0. The first-order chi connectivity index (χ1) is 6.16. The van der Waals surface area contributed by atoms with Crippen molar-refractivity contribution in [3.8, 4) is 0 Å². The minimum atomic E-state index is -0.631. The summed E-state index contributed by atoms with van der Waals surface area (Å²) in [5.41, 5.74) is 4.99. The van der Waals surface area contributed by atoms with Gasteiger partial charge in [0.2, 0.25) is 0 Å². The van der Waals surface area contributed by atoms with Gasteiger partial charge < -0.3 is 15.4 Å². The number of rotatable bonds is 1. The minimum absolute atomic E-state index is 0.0613. The Bertz CT molecular complexity index is 206. The first-order valence-corrected chi connectivity index (χ1v) is 4.85. The Balaban J connectivity index is 1.95. The molecule has 2 aliphatic heterocycles. The van der Waals surface area contributed by atoms with Crippen LogP contribution in [0.2, 0.25) is 0 Å². The molecule has 2 fully saturated rings. The van der Waals surface area contributed by atoms with Crippen LogP contribution in [0.5, 0.6) is 0 Å². The Labute approximate surface area is 78.0 Å². The third kappa shape index (κ3) is 1.63. The van der Waals surface area contributed by atoms with Gasteiger partial charge >= 0.3 is 6.09 Å². The normalized spacial score (nSPS) is 39.0. The maximum Gasteiger partial charge on any atom is 0.404 e. The van der Waals surface area contributed by atoms with Crippen LogP contribution in [0.4, 0.5) is 4.79 Å². The standard InChI is InChI=1S/C9H16N2O2/c1-11-6-2-3-7(11)5-8(4-6)13-9(10)12/h6-8H,2-5H2,1H3,(H2,10,12). The largest absolute Gasteiger partial charge is 0.446 e. The average Bonchev–Trinajstić information content (AvgIpc) is 2.33. The molecule has 2 atom stereocenters. The third-order valence-corrected chi connectivity index (χ3v) is 3.34. The molecule has 0 aromatic carbocycles. The zero-order valence-corrected chi connectivity index (χ0v) is 7.90. The van der Waals surface area contributed by atoms with E-state index in [0.29, 0.717) is 12.1 Å². The first-order valence-electron chi connectivity index (χ1n) is 4.85. The molecule has 0 aliphatic carbocycles. The van der Waals surface area contributed by atoms with Crippen LogP contribution in [0.15, 0.2) is 0 Å². The zero-order chi connectivity index (χ0) is 9.42. The van der Waals surface area contributed by atoms with E-state index < -0.39 is 6.09 Å². The molecule has 2 N–H and O–H groups in total. The molecular formula is C9H16N2O2. The lowest BCUT2D eigenvalue weighted by atomic mass is 10.0. The molecule has 0 spiro atoms. The summed E-state index contributed by atoms with van der Waals surface area (Å²) in [4.78, 5) is 13.0. The van der Waals surface area contributed by atoms with Gasteiger partial charge in [-0.25, -0.2) is 4.79 Å². The number of hydrogen-bond acceptors (Lipinski definition) is 3. The molecule has 2 aliphatic rings. The molecule has 0 aromatic heterocycles. The monoisotopic (exact) mass is 184 g/mol. The second kappa shape index (κ2) is 3.18.